The highest BCUT2D eigenvalue weighted by atomic mass is 32.2. The third-order valence-electron chi connectivity index (χ3n) is 4.49. The Bertz CT molecular complexity index is 966. The zero-order valence-electron chi connectivity index (χ0n) is 14.7. The number of para-hydroxylation sites is 1. The van der Waals surface area contributed by atoms with Gasteiger partial charge in [0, 0.05) is 31.9 Å². The van der Waals surface area contributed by atoms with Crippen LogP contribution in [0, 0.1) is 0 Å². The summed E-state index contributed by atoms with van der Waals surface area (Å²) in [4.78, 5) is 9.03. The summed E-state index contributed by atoms with van der Waals surface area (Å²) >= 11 is 1.19. The summed E-state index contributed by atoms with van der Waals surface area (Å²) in [7, 11) is -3.54. The minimum atomic E-state index is -3.54. The fourth-order valence-corrected chi connectivity index (χ4v) is 5.12. The van der Waals surface area contributed by atoms with Gasteiger partial charge in [-0.05, 0) is 35.7 Å². The van der Waals surface area contributed by atoms with Crippen molar-refractivity contribution < 1.29 is 8.42 Å². The van der Waals surface area contributed by atoms with Gasteiger partial charge in [-0.15, -0.1) is 11.3 Å². The Labute approximate surface area is 163 Å². The molecule has 1 saturated heterocycles. The highest BCUT2D eigenvalue weighted by Crippen LogP contribution is 2.22. The van der Waals surface area contributed by atoms with E-state index in [9.17, 15) is 8.42 Å². The highest BCUT2D eigenvalue weighted by molar-refractivity contribution is 7.94. The number of benzene rings is 1. The second-order valence-electron chi connectivity index (χ2n) is 6.25. The lowest BCUT2D eigenvalue weighted by molar-refractivity contribution is 0.603. The van der Waals surface area contributed by atoms with E-state index in [0.29, 0.717) is 9.90 Å². The van der Waals surface area contributed by atoms with Crippen molar-refractivity contribution in [3.8, 4) is 0 Å². The SMILES string of the molecule is O=S(=O)(Nc1ccc(N2CCN(c3ccccc3)CC2)nc1)c1cccs1. The van der Waals surface area contributed by atoms with Gasteiger partial charge < -0.3 is 9.80 Å². The molecule has 0 spiro atoms. The molecule has 1 aliphatic heterocycles. The number of nitrogens with zero attached hydrogens (tertiary/aromatic N) is 3. The first-order valence-corrected chi connectivity index (χ1v) is 11.1. The van der Waals surface area contributed by atoms with E-state index >= 15 is 0 Å². The van der Waals surface area contributed by atoms with Crippen molar-refractivity contribution in [2.24, 2.45) is 0 Å². The molecule has 0 saturated carbocycles. The molecular weight excluding hydrogens is 380 g/mol. The Morgan fingerprint density at radius 1 is 0.889 bits per heavy atom. The van der Waals surface area contributed by atoms with Crippen molar-refractivity contribution in [3.05, 3.63) is 66.2 Å². The number of hydrogen-bond donors (Lipinski definition) is 1. The fraction of sp³-hybridized carbons (Fsp3) is 0.211. The molecule has 1 aromatic carbocycles. The maximum absolute atomic E-state index is 12.3. The first-order valence-electron chi connectivity index (χ1n) is 8.69. The Kier molecular flexibility index (Phi) is 5.00. The summed E-state index contributed by atoms with van der Waals surface area (Å²) in [5.41, 5.74) is 1.71. The van der Waals surface area contributed by atoms with Crippen LogP contribution in [0.2, 0.25) is 0 Å². The molecular formula is C19H20N4O2S2. The van der Waals surface area contributed by atoms with Gasteiger partial charge in [-0.1, -0.05) is 24.3 Å². The molecule has 8 heteroatoms. The van der Waals surface area contributed by atoms with Gasteiger partial charge in [-0.25, -0.2) is 13.4 Å². The van der Waals surface area contributed by atoms with E-state index in [1.807, 2.05) is 12.1 Å². The molecule has 3 heterocycles. The first kappa shape index (κ1) is 17.8. The van der Waals surface area contributed by atoms with Crippen LogP contribution in [-0.4, -0.2) is 39.6 Å². The second-order valence-corrected chi connectivity index (χ2v) is 9.11. The van der Waals surface area contributed by atoms with Gasteiger partial charge >= 0.3 is 0 Å². The average molecular weight is 401 g/mol. The quantitative estimate of drug-likeness (QED) is 0.712. The number of nitrogens with one attached hydrogen (secondary N) is 1. The molecule has 0 aliphatic carbocycles. The molecule has 0 amide bonds. The van der Waals surface area contributed by atoms with Crippen LogP contribution >= 0.6 is 11.3 Å². The lowest BCUT2D eigenvalue weighted by atomic mass is 10.2. The van der Waals surface area contributed by atoms with Gasteiger partial charge in [0.15, 0.2) is 0 Å². The molecule has 140 valence electrons. The number of piperazine rings is 1. The maximum Gasteiger partial charge on any atom is 0.271 e. The van der Waals surface area contributed by atoms with E-state index in [1.54, 1.807) is 29.8 Å². The van der Waals surface area contributed by atoms with E-state index in [0.717, 1.165) is 32.0 Å². The van der Waals surface area contributed by atoms with Crippen molar-refractivity contribution in [2.75, 3.05) is 40.7 Å². The minimum absolute atomic E-state index is 0.295. The van der Waals surface area contributed by atoms with Crippen LogP contribution in [0.25, 0.3) is 0 Å². The number of pyridine rings is 1. The predicted molar refractivity (Wildman–Crippen MR) is 110 cm³/mol. The molecule has 2 aromatic heterocycles. The fourth-order valence-electron chi connectivity index (χ4n) is 3.09. The van der Waals surface area contributed by atoms with Crippen LogP contribution < -0.4 is 14.5 Å². The Balaban J connectivity index is 1.39. The van der Waals surface area contributed by atoms with Gasteiger partial charge in [0.05, 0.1) is 11.9 Å². The number of rotatable bonds is 5. The largest absolute Gasteiger partial charge is 0.368 e. The lowest BCUT2D eigenvalue weighted by Crippen LogP contribution is -2.46. The van der Waals surface area contributed by atoms with Crippen molar-refractivity contribution in [1.29, 1.82) is 0 Å². The smallest absolute Gasteiger partial charge is 0.271 e. The van der Waals surface area contributed by atoms with E-state index in [-0.39, 0.29) is 0 Å². The third kappa shape index (κ3) is 4.06. The highest BCUT2D eigenvalue weighted by Gasteiger charge is 2.19. The van der Waals surface area contributed by atoms with Crippen LogP contribution in [0.15, 0.2) is 70.4 Å². The van der Waals surface area contributed by atoms with E-state index in [4.69, 9.17) is 0 Å². The third-order valence-corrected chi connectivity index (χ3v) is 7.26. The lowest BCUT2D eigenvalue weighted by Gasteiger charge is -2.36. The van der Waals surface area contributed by atoms with Crippen LogP contribution in [-0.2, 0) is 10.0 Å². The van der Waals surface area contributed by atoms with Crippen LogP contribution in [0.5, 0.6) is 0 Å². The average Bonchev–Trinajstić information content (AvgIpc) is 3.25. The minimum Gasteiger partial charge on any atom is -0.368 e. The molecule has 0 bridgehead atoms. The Morgan fingerprint density at radius 2 is 1.63 bits per heavy atom. The van der Waals surface area contributed by atoms with Crippen molar-refractivity contribution in [1.82, 2.24) is 4.98 Å². The number of aromatic nitrogens is 1. The predicted octanol–water partition coefficient (Wildman–Crippen LogP) is 3.27. The van der Waals surface area contributed by atoms with E-state index in [2.05, 4.69) is 43.8 Å². The number of hydrogen-bond acceptors (Lipinski definition) is 6. The van der Waals surface area contributed by atoms with Crippen molar-refractivity contribution in [3.63, 3.8) is 0 Å². The zero-order chi connectivity index (χ0) is 18.7. The number of sulfonamides is 1. The summed E-state index contributed by atoms with van der Waals surface area (Å²) in [6, 6.07) is 17.3. The standard InChI is InChI=1S/C19H20N4O2S2/c24-27(25,19-7-4-14-26-19)21-16-8-9-18(20-15-16)23-12-10-22(11-13-23)17-5-2-1-3-6-17/h1-9,14-15,21H,10-13H2. The van der Waals surface area contributed by atoms with E-state index in [1.165, 1.54) is 17.0 Å². The summed E-state index contributed by atoms with van der Waals surface area (Å²) in [6.07, 6.45) is 1.57. The molecule has 0 atom stereocenters. The monoisotopic (exact) mass is 400 g/mol. The Morgan fingerprint density at radius 3 is 2.26 bits per heavy atom. The van der Waals surface area contributed by atoms with Crippen LogP contribution in [0.4, 0.5) is 17.2 Å². The first-order chi connectivity index (χ1) is 13.1. The van der Waals surface area contributed by atoms with Gasteiger partial charge in [-0.2, -0.15) is 0 Å². The van der Waals surface area contributed by atoms with Crippen LogP contribution in [0.1, 0.15) is 0 Å². The molecule has 0 unspecified atom stereocenters. The van der Waals surface area contributed by atoms with E-state index < -0.39 is 10.0 Å². The zero-order valence-corrected chi connectivity index (χ0v) is 16.3. The molecule has 1 aliphatic rings. The molecule has 1 N–H and O–H groups in total. The molecule has 0 radical (unpaired) electrons. The molecule has 1 fully saturated rings. The van der Waals surface area contributed by atoms with Crippen LogP contribution in [0.3, 0.4) is 0 Å². The topological polar surface area (TPSA) is 65.5 Å². The summed E-state index contributed by atoms with van der Waals surface area (Å²) < 4.78 is 27.4. The maximum atomic E-state index is 12.3. The van der Waals surface area contributed by atoms with Gasteiger partial charge in [0.2, 0.25) is 0 Å². The van der Waals surface area contributed by atoms with Crippen molar-refractivity contribution >= 4 is 38.6 Å². The summed E-state index contributed by atoms with van der Waals surface area (Å²) in [6.45, 7) is 3.61. The normalized spacial score (nSPS) is 15.0. The van der Waals surface area contributed by atoms with Gasteiger partial charge in [-0.3, -0.25) is 4.72 Å². The molecule has 3 aromatic rings. The molecule has 4 rings (SSSR count). The van der Waals surface area contributed by atoms with Gasteiger partial charge in [0.25, 0.3) is 10.0 Å². The Hall–Kier alpha value is -2.58. The number of anilines is 3. The second kappa shape index (κ2) is 7.58. The molecule has 6 nitrogen and oxygen atoms in total. The number of thiophene rings is 1. The van der Waals surface area contributed by atoms with Crippen molar-refractivity contribution in [2.45, 2.75) is 4.21 Å². The molecule has 27 heavy (non-hydrogen) atoms. The summed E-state index contributed by atoms with van der Waals surface area (Å²) in [5.74, 6) is 0.863. The summed E-state index contributed by atoms with van der Waals surface area (Å²) in [5, 5.41) is 1.74. The van der Waals surface area contributed by atoms with Gasteiger partial charge in [0.1, 0.15) is 10.0 Å².